The summed E-state index contributed by atoms with van der Waals surface area (Å²) in [5.41, 5.74) is 0. The molecule has 0 saturated heterocycles. The second kappa shape index (κ2) is 4.77. The van der Waals surface area contributed by atoms with Crippen LogP contribution in [0, 0.1) is 0 Å². The topological polar surface area (TPSA) is 150 Å². The van der Waals surface area contributed by atoms with Crippen LogP contribution in [-0.2, 0) is 0 Å². The van der Waals surface area contributed by atoms with Crippen molar-refractivity contribution in [3.8, 4) is 0 Å². The lowest BCUT2D eigenvalue weighted by Crippen LogP contribution is -2.30. The number of anilines is 1. The molecule has 4 aliphatic rings. The minimum absolute atomic E-state index is 0.544. The molecular formula is C12H12N12. The number of nitrogens with zero attached hydrogens (tertiary/aromatic N) is 4. The Labute approximate surface area is 135 Å². The van der Waals surface area contributed by atoms with E-state index in [0.29, 0.717) is 47.1 Å². The Bertz CT molecular complexity index is 895. The van der Waals surface area contributed by atoms with Crippen LogP contribution in [0.5, 0.6) is 0 Å². The Morgan fingerprint density at radius 2 is 1.33 bits per heavy atom. The Morgan fingerprint density at radius 1 is 0.667 bits per heavy atom. The lowest BCUT2D eigenvalue weighted by atomic mass is 10.7. The summed E-state index contributed by atoms with van der Waals surface area (Å²) >= 11 is 0. The Morgan fingerprint density at radius 3 is 2.12 bits per heavy atom. The van der Waals surface area contributed by atoms with Crippen LogP contribution in [0.3, 0.4) is 0 Å². The van der Waals surface area contributed by atoms with E-state index >= 15 is 0 Å². The van der Waals surface area contributed by atoms with E-state index in [0.717, 1.165) is 0 Å². The van der Waals surface area contributed by atoms with Gasteiger partial charge in [-0.1, -0.05) is 0 Å². The maximum atomic E-state index is 4.40. The number of hydrogen-bond acceptors (Lipinski definition) is 11. The van der Waals surface area contributed by atoms with E-state index in [1.165, 1.54) is 0 Å². The molecule has 0 atom stereocenters. The molecule has 0 fully saturated rings. The van der Waals surface area contributed by atoms with Gasteiger partial charge in [0.2, 0.25) is 23.8 Å². The summed E-state index contributed by atoms with van der Waals surface area (Å²) in [5.74, 6) is 4.73. The highest BCUT2D eigenvalue weighted by Crippen LogP contribution is 2.14. The number of aromatic nitrogens is 2. The monoisotopic (exact) mass is 324 g/mol. The van der Waals surface area contributed by atoms with Crippen LogP contribution in [0.1, 0.15) is 0 Å². The van der Waals surface area contributed by atoms with Gasteiger partial charge in [0.25, 0.3) is 0 Å². The molecule has 5 rings (SSSR count). The first kappa shape index (κ1) is 12.6. The lowest BCUT2D eigenvalue weighted by molar-refractivity contribution is 1.03. The second-order valence-electron chi connectivity index (χ2n) is 5.05. The molecule has 8 N–H and O–H groups in total. The highest BCUT2D eigenvalue weighted by molar-refractivity contribution is 5.91. The lowest BCUT2D eigenvalue weighted by Gasteiger charge is -2.05. The highest BCUT2D eigenvalue weighted by Gasteiger charge is 2.17. The van der Waals surface area contributed by atoms with Crippen molar-refractivity contribution in [2.75, 3.05) is 5.32 Å². The van der Waals surface area contributed by atoms with Gasteiger partial charge in [-0.25, -0.2) is 4.98 Å². The van der Waals surface area contributed by atoms with E-state index in [-0.39, 0.29) is 0 Å². The Kier molecular flexibility index (Phi) is 2.50. The van der Waals surface area contributed by atoms with Gasteiger partial charge in [0.1, 0.15) is 5.82 Å². The zero-order valence-electron chi connectivity index (χ0n) is 12.1. The molecule has 5 heterocycles. The number of aromatic amines is 1. The molecule has 12 heteroatoms. The van der Waals surface area contributed by atoms with E-state index in [1.54, 1.807) is 24.8 Å². The van der Waals surface area contributed by atoms with Crippen molar-refractivity contribution in [3.05, 3.63) is 42.3 Å². The summed E-state index contributed by atoms with van der Waals surface area (Å²) in [7, 11) is 0. The minimum Gasteiger partial charge on any atom is -0.329 e. The van der Waals surface area contributed by atoms with Crippen molar-refractivity contribution >= 4 is 29.6 Å². The third kappa shape index (κ3) is 2.27. The number of guanidine groups is 3. The summed E-state index contributed by atoms with van der Waals surface area (Å²) in [6, 6.07) is 0. The summed E-state index contributed by atoms with van der Waals surface area (Å²) in [6.07, 6.45) is 6.80. The van der Waals surface area contributed by atoms with Crippen molar-refractivity contribution in [1.82, 2.24) is 41.9 Å². The van der Waals surface area contributed by atoms with Gasteiger partial charge in [-0.3, -0.25) is 0 Å². The summed E-state index contributed by atoms with van der Waals surface area (Å²) < 4.78 is 0. The van der Waals surface area contributed by atoms with Crippen molar-refractivity contribution in [2.24, 2.45) is 15.0 Å². The molecule has 0 saturated carbocycles. The second-order valence-corrected chi connectivity index (χ2v) is 5.05. The van der Waals surface area contributed by atoms with Crippen molar-refractivity contribution in [3.63, 3.8) is 0 Å². The number of fused-ring (bicyclic) bond motifs is 8. The van der Waals surface area contributed by atoms with E-state index in [1.807, 2.05) is 0 Å². The largest absolute Gasteiger partial charge is 0.329 e. The first-order valence-corrected chi connectivity index (χ1v) is 7.09. The molecule has 12 nitrogen and oxygen atoms in total. The van der Waals surface area contributed by atoms with Gasteiger partial charge >= 0.3 is 0 Å². The maximum absolute atomic E-state index is 4.40. The average molecular weight is 324 g/mol. The normalized spacial score (nSPS) is 20.2. The molecule has 1 aromatic rings. The quantitative estimate of drug-likeness (QED) is 0.288. The Balaban J connectivity index is 1.50. The van der Waals surface area contributed by atoms with Gasteiger partial charge in [0, 0.05) is 18.6 Å². The van der Waals surface area contributed by atoms with E-state index in [4.69, 9.17) is 0 Å². The van der Waals surface area contributed by atoms with E-state index in [9.17, 15) is 0 Å². The van der Waals surface area contributed by atoms with Gasteiger partial charge < -0.3 is 42.2 Å². The fraction of sp³-hybridized carbons (Fsp3) is 0. The zero-order chi connectivity index (χ0) is 15.9. The molecule has 24 heavy (non-hydrogen) atoms. The van der Waals surface area contributed by atoms with Gasteiger partial charge in [0.05, 0.1) is 6.20 Å². The molecule has 0 aromatic carbocycles. The number of nitrogens with one attached hydrogen (secondary N) is 8. The molecule has 0 spiro atoms. The Hall–Kier alpha value is -3.96. The first-order valence-electron chi connectivity index (χ1n) is 7.09. The van der Waals surface area contributed by atoms with Gasteiger partial charge in [-0.05, 0) is 0 Å². The van der Waals surface area contributed by atoms with Gasteiger partial charge in [-0.15, -0.1) is 0 Å². The van der Waals surface area contributed by atoms with Crippen LogP contribution in [-0.4, -0.2) is 27.8 Å². The molecule has 0 unspecified atom stereocenters. The molecular weight excluding hydrogens is 312 g/mol. The molecule has 0 aliphatic carbocycles. The third-order valence-electron chi connectivity index (χ3n) is 3.30. The summed E-state index contributed by atoms with van der Waals surface area (Å²) in [4.78, 5) is 20.5. The van der Waals surface area contributed by atoms with Crippen LogP contribution >= 0.6 is 0 Å². The van der Waals surface area contributed by atoms with Crippen molar-refractivity contribution < 1.29 is 0 Å². The fourth-order valence-electron chi connectivity index (χ4n) is 2.29. The first-order chi connectivity index (χ1) is 11.8. The standard InChI is InChI=1S/C12H12N12/c1-5-17-9(13-1)22-6-2-15-11(19-6)24-8-4-16-12(20-8)23-7-3-14-10(18-7)21-5/h1-4H,(H2,13,17,22)(H2,14,18,21)(H2,15,19,24)(H2,16,20,23). The van der Waals surface area contributed by atoms with Crippen LogP contribution in [0.25, 0.3) is 0 Å². The molecule has 0 radical (unpaired) electrons. The summed E-state index contributed by atoms with van der Waals surface area (Å²) in [5, 5.41) is 21.3. The van der Waals surface area contributed by atoms with Gasteiger partial charge in [-0.2, -0.15) is 15.0 Å². The van der Waals surface area contributed by atoms with Crippen LogP contribution in [0.2, 0.25) is 0 Å². The number of rotatable bonds is 0. The predicted octanol–water partition coefficient (Wildman–Crippen LogP) is -1.49. The van der Waals surface area contributed by atoms with Crippen molar-refractivity contribution in [1.29, 1.82) is 0 Å². The van der Waals surface area contributed by atoms with Crippen LogP contribution in [0.4, 0.5) is 11.8 Å². The number of hydrogen-bond donors (Lipinski definition) is 8. The third-order valence-corrected chi connectivity index (χ3v) is 3.30. The summed E-state index contributed by atoms with van der Waals surface area (Å²) in [6.45, 7) is 0. The number of aliphatic imine (C=N–C) groups is 3. The van der Waals surface area contributed by atoms with Gasteiger partial charge in [0.15, 0.2) is 17.5 Å². The molecule has 0 amide bonds. The SMILES string of the molecule is C1=C2N=C3NC=C(N3)Nc3ncc([nH]3)N=C3NC=C(N=C(N1)N2)N3. The van der Waals surface area contributed by atoms with Crippen LogP contribution in [0.15, 0.2) is 57.2 Å². The predicted molar refractivity (Wildman–Crippen MR) is 87.2 cm³/mol. The molecule has 8 bridgehead atoms. The van der Waals surface area contributed by atoms with E-state index < -0.39 is 0 Å². The molecule has 1 aromatic heterocycles. The highest BCUT2D eigenvalue weighted by atomic mass is 15.4. The smallest absolute Gasteiger partial charge is 0.207 e. The maximum Gasteiger partial charge on any atom is 0.207 e. The van der Waals surface area contributed by atoms with E-state index in [2.05, 4.69) is 62.2 Å². The minimum atomic E-state index is 0.544. The molecule has 4 aliphatic heterocycles. The fourth-order valence-corrected chi connectivity index (χ4v) is 2.29. The van der Waals surface area contributed by atoms with Crippen molar-refractivity contribution in [2.45, 2.75) is 0 Å². The molecule has 120 valence electrons. The number of imidazole rings is 1. The average Bonchev–Trinajstić information content (AvgIpc) is 3.32. The zero-order valence-corrected chi connectivity index (χ0v) is 12.1. The number of H-pyrrole nitrogens is 1. The van der Waals surface area contributed by atoms with Crippen LogP contribution < -0.4 is 37.2 Å².